The van der Waals surface area contributed by atoms with E-state index in [1.165, 1.54) is 0 Å². The number of carboxylic acid groups (broad SMARTS) is 1. The molecular weight excluding hydrogens is 556 g/mol. The molecule has 0 spiro atoms. The number of likely N-dealkylation sites (N-methyl/N-ethyl adjacent to an activating group) is 1. The number of carbonyl (C=O) groups is 3. The number of hydrogen-bond donors (Lipinski definition) is 1. The number of aryl methyl sites for hydroxylation is 1. The molecule has 1 amide bonds. The Morgan fingerprint density at radius 3 is 2.39 bits per heavy atom. The van der Waals surface area contributed by atoms with Crippen LogP contribution in [0.1, 0.15) is 99.8 Å². The van der Waals surface area contributed by atoms with Crippen molar-refractivity contribution >= 4 is 17.7 Å². The Balaban J connectivity index is 1.79. The number of amides is 1. The zero-order chi connectivity index (χ0) is 32.3. The topological polar surface area (TPSA) is 106 Å². The fourth-order valence-corrected chi connectivity index (χ4v) is 7.38. The number of carboxylic acids is 1. The van der Waals surface area contributed by atoms with Crippen LogP contribution in [0.5, 0.6) is 5.75 Å². The van der Waals surface area contributed by atoms with Crippen molar-refractivity contribution in [3.8, 4) is 17.0 Å². The second-order valence-electron chi connectivity index (χ2n) is 13.7. The Bertz CT molecular complexity index is 1630. The van der Waals surface area contributed by atoms with E-state index in [-0.39, 0.29) is 34.3 Å². The van der Waals surface area contributed by atoms with Crippen LogP contribution in [0, 0.1) is 24.7 Å². The molecule has 2 atom stereocenters. The molecule has 5 rings (SSSR count). The Kier molecular flexibility index (Phi) is 8.02. The number of rotatable bonds is 7. The van der Waals surface area contributed by atoms with Crippen LogP contribution in [0.2, 0.25) is 0 Å². The minimum Gasteiger partial charge on any atom is -0.496 e. The molecule has 1 aliphatic carbocycles. The minimum atomic E-state index is -1.10. The molecule has 8 heteroatoms. The molecule has 0 radical (unpaired) electrons. The van der Waals surface area contributed by atoms with E-state index in [0.717, 1.165) is 18.4 Å². The number of allylic oxidation sites excluding steroid dienone is 2. The lowest BCUT2D eigenvalue weighted by Crippen LogP contribution is -2.52. The van der Waals surface area contributed by atoms with Crippen LogP contribution in [-0.4, -0.2) is 52.8 Å². The third-order valence-electron chi connectivity index (χ3n) is 10.4. The summed E-state index contributed by atoms with van der Waals surface area (Å²) in [4.78, 5) is 46.8. The standard InChI is InChI=1S/C36H44N2O6/c1-10-36(7,11-2)27-16-25-30(33(40)38(27)8)31(29-23(39)17-35(5,6)18-26(29)44-25)28-20(4)21(13-15-24(28)43-9)22-14-12-19(3)32(37-22)34(41)42/h12-15,27,31H,10-11,16-18H2,1-9H3,(H,41,42)/t27-,31-/m0/s1. The van der Waals surface area contributed by atoms with Gasteiger partial charge in [-0.15, -0.1) is 0 Å². The smallest absolute Gasteiger partial charge is 0.354 e. The Labute approximate surface area is 260 Å². The van der Waals surface area contributed by atoms with E-state index < -0.39 is 11.9 Å². The first-order valence-electron chi connectivity index (χ1n) is 15.5. The number of aromatic nitrogens is 1. The zero-order valence-electron chi connectivity index (χ0n) is 27.4. The summed E-state index contributed by atoms with van der Waals surface area (Å²) in [5.74, 6) is -0.163. The average Bonchev–Trinajstić information content (AvgIpc) is 2.97. The molecule has 0 unspecified atom stereocenters. The largest absolute Gasteiger partial charge is 0.496 e. The molecule has 1 aromatic carbocycles. The van der Waals surface area contributed by atoms with Gasteiger partial charge in [-0.3, -0.25) is 9.59 Å². The summed E-state index contributed by atoms with van der Waals surface area (Å²) in [6, 6.07) is 7.16. The molecule has 0 bridgehead atoms. The van der Waals surface area contributed by atoms with E-state index in [9.17, 15) is 19.5 Å². The molecular formula is C36H44N2O6. The first-order chi connectivity index (χ1) is 20.7. The lowest BCUT2D eigenvalue weighted by atomic mass is 9.66. The monoisotopic (exact) mass is 600 g/mol. The van der Waals surface area contributed by atoms with Crippen molar-refractivity contribution in [2.45, 2.75) is 92.5 Å². The number of benzene rings is 1. The van der Waals surface area contributed by atoms with Gasteiger partial charge in [0.25, 0.3) is 5.91 Å². The molecule has 3 heterocycles. The van der Waals surface area contributed by atoms with Gasteiger partial charge in [-0.2, -0.15) is 0 Å². The van der Waals surface area contributed by atoms with Crippen molar-refractivity contribution in [1.82, 2.24) is 9.88 Å². The number of nitrogens with zero attached hydrogens (tertiary/aromatic N) is 2. The molecule has 44 heavy (non-hydrogen) atoms. The van der Waals surface area contributed by atoms with Crippen LogP contribution in [-0.2, 0) is 14.3 Å². The number of ketones is 1. The van der Waals surface area contributed by atoms with Crippen LogP contribution < -0.4 is 4.74 Å². The fraction of sp³-hybridized carbons (Fsp3) is 0.500. The predicted molar refractivity (Wildman–Crippen MR) is 168 cm³/mol. The van der Waals surface area contributed by atoms with Gasteiger partial charge in [0.2, 0.25) is 0 Å². The number of Topliss-reactive ketones (excluding diaryl/α,β-unsaturated/α-hetero) is 1. The van der Waals surface area contributed by atoms with Gasteiger partial charge in [0.1, 0.15) is 17.3 Å². The number of aromatic carboxylic acids is 1. The van der Waals surface area contributed by atoms with E-state index >= 15 is 0 Å². The van der Waals surface area contributed by atoms with Crippen molar-refractivity contribution < 1.29 is 29.0 Å². The molecule has 2 aromatic rings. The van der Waals surface area contributed by atoms with E-state index in [4.69, 9.17) is 9.47 Å². The van der Waals surface area contributed by atoms with Crippen molar-refractivity contribution in [2.24, 2.45) is 10.8 Å². The molecule has 1 N–H and O–H groups in total. The molecule has 8 nitrogen and oxygen atoms in total. The van der Waals surface area contributed by atoms with Crippen LogP contribution in [0.3, 0.4) is 0 Å². The normalized spacial score (nSPS) is 21.6. The highest BCUT2D eigenvalue weighted by atomic mass is 16.5. The Morgan fingerprint density at radius 1 is 1.09 bits per heavy atom. The van der Waals surface area contributed by atoms with Crippen molar-refractivity contribution in [3.05, 3.63) is 69.3 Å². The summed E-state index contributed by atoms with van der Waals surface area (Å²) in [7, 11) is 3.44. The van der Waals surface area contributed by atoms with E-state index in [2.05, 4.69) is 39.6 Å². The first-order valence-corrected chi connectivity index (χ1v) is 15.5. The quantitative estimate of drug-likeness (QED) is 0.360. The van der Waals surface area contributed by atoms with Gasteiger partial charge < -0.3 is 19.5 Å². The molecule has 1 aromatic heterocycles. The molecule has 0 saturated heterocycles. The van der Waals surface area contributed by atoms with Crippen molar-refractivity contribution in [2.75, 3.05) is 14.2 Å². The second kappa shape index (κ2) is 11.2. The van der Waals surface area contributed by atoms with Gasteiger partial charge in [-0.1, -0.05) is 40.7 Å². The van der Waals surface area contributed by atoms with Crippen LogP contribution in [0.4, 0.5) is 0 Å². The number of methoxy groups -OCH3 is 1. The fourth-order valence-electron chi connectivity index (χ4n) is 7.38. The van der Waals surface area contributed by atoms with E-state index in [1.807, 2.05) is 31.0 Å². The third-order valence-corrected chi connectivity index (χ3v) is 10.4. The van der Waals surface area contributed by atoms with Gasteiger partial charge in [0.05, 0.1) is 24.3 Å². The van der Waals surface area contributed by atoms with Gasteiger partial charge >= 0.3 is 5.97 Å². The summed E-state index contributed by atoms with van der Waals surface area (Å²) in [6.45, 7) is 14.3. The predicted octanol–water partition coefficient (Wildman–Crippen LogP) is 7.14. The third kappa shape index (κ3) is 5.02. The number of pyridine rings is 1. The number of hydrogen-bond acceptors (Lipinski definition) is 6. The van der Waals surface area contributed by atoms with Crippen molar-refractivity contribution in [3.63, 3.8) is 0 Å². The summed E-state index contributed by atoms with van der Waals surface area (Å²) < 4.78 is 12.6. The van der Waals surface area contributed by atoms with Crippen LogP contribution in [0.15, 0.2) is 46.9 Å². The van der Waals surface area contributed by atoms with Gasteiger partial charge in [0.15, 0.2) is 11.5 Å². The lowest BCUT2D eigenvalue weighted by molar-refractivity contribution is -0.133. The van der Waals surface area contributed by atoms with Crippen LogP contribution in [0.25, 0.3) is 11.3 Å². The van der Waals surface area contributed by atoms with Gasteiger partial charge in [0, 0.05) is 49.1 Å². The van der Waals surface area contributed by atoms with Gasteiger partial charge in [-0.25, -0.2) is 9.78 Å². The molecule has 3 aliphatic rings. The first kappa shape index (κ1) is 31.5. The van der Waals surface area contributed by atoms with Gasteiger partial charge in [-0.05, 0) is 66.8 Å². The maximum atomic E-state index is 14.5. The zero-order valence-corrected chi connectivity index (χ0v) is 27.4. The molecule has 2 aliphatic heterocycles. The summed E-state index contributed by atoms with van der Waals surface area (Å²) in [6.07, 6.45) is 3.30. The number of carbonyl (C=O) groups excluding carboxylic acids is 2. The highest BCUT2D eigenvalue weighted by molar-refractivity contribution is 6.06. The molecule has 234 valence electrons. The molecule has 0 saturated carbocycles. The highest BCUT2D eigenvalue weighted by Gasteiger charge is 2.51. The lowest BCUT2D eigenvalue weighted by Gasteiger charge is -2.48. The maximum absolute atomic E-state index is 14.5. The van der Waals surface area contributed by atoms with Crippen molar-refractivity contribution in [1.29, 1.82) is 0 Å². The number of ether oxygens (including phenoxy) is 2. The summed E-state index contributed by atoms with van der Waals surface area (Å²) in [5, 5.41) is 9.76. The highest BCUT2D eigenvalue weighted by Crippen LogP contribution is 2.55. The van der Waals surface area contributed by atoms with Crippen LogP contribution >= 0.6 is 0 Å². The summed E-state index contributed by atoms with van der Waals surface area (Å²) >= 11 is 0. The average molecular weight is 601 g/mol. The summed E-state index contributed by atoms with van der Waals surface area (Å²) in [5.41, 5.74) is 3.82. The Hall–Kier alpha value is -3.94. The minimum absolute atomic E-state index is 0.0185. The Morgan fingerprint density at radius 2 is 1.77 bits per heavy atom. The second-order valence-corrected chi connectivity index (χ2v) is 13.7. The van der Waals surface area contributed by atoms with E-state index in [1.54, 1.807) is 26.2 Å². The van der Waals surface area contributed by atoms with E-state index in [0.29, 0.717) is 70.1 Å². The molecule has 0 fully saturated rings. The SMILES string of the molecule is CCC(C)(CC)[C@@H]1CC2=C(C(=O)N1C)[C@@H](c1c(OC)ccc(-c3ccc(C)c(C(=O)O)n3)c1C)C1=C(CC(C)(C)CC1=O)O2. The maximum Gasteiger partial charge on any atom is 0.354 e.